The number of nitrogens with zero attached hydrogens (tertiary/aromatic N) is 4. The van der Waals surface area contributed by atoms with E-state index in [0.717, 1.165) is 59.5 Å². The van der Waals surface area contributed by atoms with E-state index in [1.165, 1.54) is 12.1 Å². The van der Waals surface area contributed by atoms with Crippen LogP contribution in [0.1, 0.15) is 40.4 Å². The van der Waals surface area contributed by atoms with Crippen LogP contribution in [0.2, 0.25) is 0 Å². The number of imidazole rings is 1. The molecule has 1 N–H and O–H groups in total. The smallest absolute Gasteiger partial charge is 0.272 e. The number of amides is 1. The summed E-state index contributed by atoms with van der Waals surface area (Å²) in [6.07, 6.45) is 3.78. The quantitative estimate of drug-likeness (QED) is 0.565. The molecule has 1 aliphatic carbocycles. The predicted molar refractivity (Wildman–Crippen MR) is 112 cm³/mol. The average Bonchev–Trinajstić information content (AvgIpc) is 3.31. The van der Waals surface area contributed by atoms with Crippen LogP contribution in [0.3, 0.4) is 0 Å². The Bertz CT molecular complexity index is 1240. The van der Waals surface area contributed by atoms with Gasteiger partial charge in [0.1, 0.15) is 11.6 Å². The van der Waals surface area contributed by atoms with E-state index in [1.807, 2.05) is 35.9 Å². The van der Waals surface area contributed by atoms with Crippen LogP contribution in [0.5, 0.6) is 0 Å². The van der Waals surface area contributed by atoms with Crippen molar-refractivity contribution in [2.75, 3.05) is 0 Å². The molecule has 30 heavy (non-hydrogen) atoms. The molecule has 0 unspecified atom stereocenters. The lowest BCUT2D eigenvalue weighted by atomic mass is 9.95. The Morgan fingerprint density at radius 2 is 1.87 bits per heavy atom. The molecule has 1 aliphatic rings. The van der Waals surface area contributed by atoms with E-state index in [0.29, 0.717) is 12.2 Å². The maximum absolute atomic E-state index is 13.3. The summed E-state index contributed by atoms with van der Waals surface area (Å²) in [4.78, 5) is 17.6. The van der Waals surface area contributed by atoms with Crippen molar-refractivity contribution in [3.63, 3.8) is 0 Å². The number of aryl methyl sites for hydroxylation is 1. The molecule has 5 rings (SSSR count). The molecule has 2 heterocycles. The van der Waals surface area contributed by atoms with E-state index >= 15 is 0 Å². The Kier molecular flexibility index (Phi) is 4.58. The summed E-state index contributed by atoms with van der Waals surface area (Å²) >= 11 is 0. The lowest BCUT2D eigenvalue weighted by Crippen LogP contribution is -2.26. The third kappa shape index (κ3) is 3.16. The molecular weight excluding hydrogens is 381 g/mol. The van der Waals surface area contributed by atoms with Gasteiger partial charge in [-0.15, -0.1) is 0 Å². The SMILES string of the molecule is Cn1c(CNC(=O)c2nn(-c3ccc(F)cc3)c3c2CCCC3)nc2ccccc21. The summed E-state index contributed by atoms with van der Waals surface area (Å²) in [5.74, 6) is 0.289. The van der Waals surface area contributed by atoms with Crippen molar-refractivity contribution in [1.29, 1.82) is 0 Å². The first-order chi connectivity index (χ1) is 14.6. The largest absolute Gasteiger partial charge is 0.343 e. The molecule has 4 aromatic rings. The molecule has 0 fully saturated rings. The van der Waals surface area contributed by atoms with Crippen molar-refractivity contribution in [2.24, 2.45) is 7.05 Å². The molecule has 0 atom stereocenters. The topological polar surface area (TPSA) is 64.7 Å². The van der Waals surface area contributed by atoms with Crippen molar-refractivity contribution in [1.82, 2.24) is 24.6 Å². The van der Waals surface area contributed by atoms with Crippen LogP contribution in [0.4, 0.5) is 4.39 Å². The van der Waals surface area contributed by atoms with Gasteiger partial charge in [0.2, 0.25) is 0 Å². The van der Waals surface area contributed by atoms with Crippen molar-refractivity contribution in [3.8, 4) is 5.69 Å². The fourth-order valence-electron chi connectivity index (χ4n) is 4.17. The molecule has 0 spiro atoms. The molecule has 2 aromatic carbocycles. The van der Waals surface area contributed by atoms with Crippen LogP contribution in [-0.2, 0) is 26.4 Å². The van der Waals surface area contributed by atoms with Gasteiger partial charge in [0, 0.05) is 18.3 Å². The van der Waals surface area contributed by atoms with Gasteiger partial charge in [-0.25, -0.2) is 14.1 Å². The first kappa shape index (κ1) is 18.5. The van der Waals surface area contributed by atoms with Crippen molar-refractivity contribution < 1.29 is 9.18 Å². The highest BCUT2D eigenvalue weighted by molar-refractivity contribution is 5.94. The second-order valence-corrected chi connectivity index (χ2v) is 7.63. The van der Waals surface area contributed by atoms with Crippen molar-refractivity contribution in [2.45, 2.75) is 32.2 Å². The first-order valence-electron chi connectivity index (χ1n) is 10.2. The number of hydrogen-bond donors (Lipinski definition) is 1. The predicted octanol–water partition coefficient (Wildman–Crippen LogP) is 3.71. The minimum atomic E-state index is -0.291. The first-order valence-corrected chi connectivity index (χ1v) is 10.2. The lowest BCUT2D eigenvalue weighted by molar-refractivity contribution is 0.0943. The van der Waals surface area contributed by atoms with Gasteiger partial charge in [0.25, 0.3) is 5.91 Å². The molecule has 2 aromatic heterocycles. The molecule has 152 valence electrons. The minimum absolute atomic E-state index is 0.207. The van der Waals surface area contributed by atoms with E-state index < -0.39 is 0 Å². The molecule has 0 radical (unpaired) electrons. The van der Waals surface area contributed by atoms with Crippen LogP contribution in [0.25, 0.3) is 16.7 Å². The summed E-state index contributed by atoms with van der Waals surface area (Å²) in [5.41, 5.74) is 5.19. The molecular formula is C23H22FN5O. The summed E-state index contributed by atoms with van der Waals surface area (Å²) in [6, 6.07) is 14.1. The van der Waals surface area contributed by atoms with Crippen molar-refractivity contribution in [3.05, 3.63) is 77.1 Å². The number of nitrogens with one attached hydrogen (secondary N) is 1. The fraction of sp³-hybridized carbons (Fsp3) is 0.261. The van der Waals surface area contributed by atoms with E-state index in [-0.39, 0.29) is 11.7 Å². The van der Waals surface area contributed by atoms with Gasteiger partial charge >= 0.3 is 0 Å². The minimum Gasteiger partial charge on any atom is -0.343 e. The number of rotatable bonds is 4. The van der Waals surface area contributed by atoms with Gasteiger partial charge in [-0.1, -0.05) is 12.1 Å². The normalized spacial score (nSPS) is 13.4. The summed E-state index contributed by atoms with van der Waals surface area (Å²) in [7, 11) is 1.95. The molecule has 7 heteroatoms. The third-order valence-corrected chi connectivity index (χ3v) is 5.75. The van der Waals surface area contributed by atoms with Gasteiger partial charge in [-0.3, -0.25) is 4.79 Å². The van der Waals surface area contributed by atoms with E-state index in [4.69, 9.17) is 0 Å². The molecule has 0 aliphatic heterocycles. The number of hydrogen-bond acceptors (Lipinski definition) is 3. The maximum Gasteiger partial charge on any atom is 0.272 e. The van der Waals surface area contributed by atoms with Gasteiger partial charge in [0.15, 0.2) is 5.69 Å². The van der Waals surface area contributed by atoms with Gasteiger partial charge in [-0.05, 0) is 62.1 Å². The number of carbonyl (C=O) groups is 1. The highest BCUT2D eigenvalue weighted by Crippen LogP contribution is 2.27. The summed E-state index contributed by atoms with van der Waals surface area (Å²) in [5, 5.41) is 7.61. The Morgan fingerprint density at radius 1 is 1.10 bits per heavy atom. The number of carbonyl (C=O) groups excluding carboxylic acids is 1. The van der Waals surface area contributed by atoms with Gasteiger partial charge in [0.05, 0.1) is 23.3 Å². The van der Waals surface area contributed by atoms with Crippen LogP contribution in [-0.4, -0.2) is 25.2 Å². The lowest BCUT2D eigenvalue weighted by Gasteiger charge is -2.14. The van der Waals surface area contributed by atoms with Crippen LogP contribution in [0.15, 0.2) is 48.5 Å². The van der Waals surface area contributed by atoms with Gasteiger partial charge in [-0.2, -0.15) is 5.10 Å². The second-order valence-electron chi connectivity index (χ2n) is 7.63. The van der Waals surface area contributed by atoms with Crippen LogP contribution in [0, 0.1) is 5.82 Å². The van der Waals surface area contributed by atoms with Crippen molar-refractivity contribution >= 4 is 16.9 Å². The number of halogens is 1. The zero-order chi connectivity index (χ0) is 20.7. The maximum atomic E-state index is 13.3. The Hall–Kier alpha value is -3.48. The second kappa shape index (κ2) is 7.40. The molecule has 0 saturated heterocycles. The zero-order valence-electron chi connectivity index (χ0n) is 16.7. The highest BCUT2D eigenvalue weighted by Gasteiger charge is 2.25. The number of fused-ring (bicyclic) bond motifs is 2. The molecule has 0 bridgehead atoms. The number of aromatic nitrogens is 4. The average molecular weight is 403 g/mol. The summed E-state index contributed by atoms with van der Waals surface area (Å²) < 4.78 is 17.1. The van der Waals surface area contributed by atoms with Crippen LogP contribution < -0.4 is 5.32 Å². The monoisotopic (exact) mass is 403 g/mol. The molecule has 6 nitrogen and oxygen atoms in total. The molecule has 1 amide bonds. The van der Waals surface area contributed by atoms with Gasteiger partial charge < -0.3 is 9.88 Å². The standard InChI is InChI=1S/C23H22FN5O/c1-28-20-9-5-3-7-18(20)26-21(28)14-25-23(30)22-17-6-2-4-8-19(17)29(27-22)16-12-10-15(24)11-13-16/h3,5,7,9-13H,2,4,6,8,14H2,1H3,(H,25,30). The van der Waals surface area contributed by atoms with E-state index in [1.54, 1.807) is 16.8 Å². The Labute approximate surface area is 173 Å². The summed E-state index contributed by atoms with van der Waals surface area (Å²) in [6.45, 7) is 0.322. The highest BCUT2D eigenvalue weighted by atomic mass is 19.1. The number of benzene rings is 2. The Morgan fingerprint density at radius 3 is 2.67 bits per heavy atom. The fourth-order valence-corrected chi connectivity index (χ4v) is 4.17. The number of para-hydroxylation sites is 2. The third-order valence-electron chi connectivity index (χ3n) is 5.75. The van der Waals surface area contributed by atoms with E-state index in [2.05, 4.69) is 15.4 Å². The molecule has 0 saturated carbocycles. The zero-order valence-corrected chi connectivity index (χ0v) is 16.7. The Balaban J connectivity index is 1.44. The van der Waals surface area contributed by atoms with Crippen LogP contribution >= 0.6 is 0 Å². The van der Waals surface area contributed by atoms with E-state index in [9.17, 15) is 9.18 Å².